The third-order valence-electron chi connectivity index (χ3n) is 7.81. The molecule has 9 nitrogen and oxygen atoms in total. The molecule has 5 N–H and O–H groups in total. The molecule has 37 heavy (non-hydrogen) atoms. The van der Waals surface area contributed by atoms with Crippen LogP contribution in [0.15, 0.2) is 47.3 Å². The van der Waals surface area contributed by atoms with Crippen molar-refractivity contribution in [3.63, 3.8) is 0 Å². The van der Waals surface area contributed by atoms with E-state index < -0.39 is 6.23 Å². The second-order valence-corrected chi connectivity index (χ2v) is 10.3. The molecule has 2 amide bonds. The van der Waals surface area contributed by atoms with Crippen LogP contribution in [0.5, 0.6) is 0 Å². The van der Waals surface area contributed by atoms with E-state index in [1.54, 1.807) is 11.1 Å². The van der Waals surface area contributed by atoms with Gasteiger partial charge in [-0.1, -0.05) is 18.9 Å². The van der Waals surface area contributed by atoms with Crippen molar-refractivity contribution >= 4 is 28.3 Å². The van der Waals surface area contributed by atoms with Gasteiger partial charge in [0, 0.05) is 36.3 Å². The zero-order valence-corrected chi connectivity index (χ0v) is 21.6. The number of rotatable bonds is 6. The highest BCUT2D eigenvalue weighted by molar-refractivity contribution is 6.07. The molecule has 9 heteroatoms. The van der Waals surface area contributed by atoms with Crippen LogP contribution in [0.4, 0.5) is 0 Å². The Bertz CT molecular complexity index is 1310. The molecule has 5 rings (SSSR count). The molecule has 1 aliphatic carbocycles. The van der Waals surface area contributed by atoms with Crippen LogP contribution >= 0.6 is 0 Å². The molecular formula is C28H36N6O3. The topological polar surface area (TPSA) is 126 Å². The Balaban J connectivity index is 1.48. The van der Waals surface area contributed by atoms with Gasteiger partial charge in [0.25, 0.3) is 5.91 Å². The summed E-state index contributed by atoms with van der Waals surface area (Å²) in [6.07, 6.45) is 10.3. The normalized spacial score (nSPS) is 20.6. The van der Waals surface area contributed by atoms with E-state index in [1.165, 1.54) is 12.8 Å². The number of carbonyl (C=O) groups is 2. The first kappa shape index (κ1) is 25.2. The number of allylic oxidation sites excluding steroid dienone is 3. The fourth-order valence-corrected chi connectivity index (χ4v) is 5.73. The van der Waals surface area contributed by atoms with E-state index in [0.29, 0.717) is 31.1 Å². The van der Waals surface area contributed by atoms with Crippen molar-refractivity contribution in [1.29, 1.82) is 0 Å². The summed E-state index contributed by atoms with van der Waals surface area (Å²) in [6, 6.07) is 4.41. The quantitative estimate of drug-likeness (QED) is 0.479. The van der Waals surface area contributed by atoms with Crippen LogP contribution in [0.2, 0.25) is 0 Å². The Morgan fingerprint density at radius 1 is 1.24 bits per heavy atom. The summed E-state index contributed by atoms with van der Waals surface area (Å²) in [5, 5.41) is 22.0. The van der Waals surface area contributed by atoms with Crippen LogP contribution in [0.3, 0.4) is 0 Å². The number of aromatic nitrogens is 2. The molecule has 1 fully saturated rings. The first-order chi connectivity index (χ1) is 17.9. The first-order valence-corrected chi connectivity index (χ1v) is 13.1. The van der Waals surface area contributed by atoms with Crippen LogP contribution in [0.25, 0.3) is 16.5 Å². The molecule has 1 unspecified atom stereocenters. The number of aliphatic hydroxyl groups excluding tert-OH is 1. The summed E-state index contributed by atoms with van der Waals surface area (Å²) < 4.78 is 2.09. The third kappa shape index (κ3) is 5.06. The molecule has 196 valence electrons. The second-order valence-electron chi connectivity index (χ2n) is 10.3. The minimum Gasteiger partial charge on any atom is -0.370 e. The van der Waals surface area contributed by atoms with E-state index in [-0.39, 0.29) is 24.9 Å². The largest absolute Gasteiger partial charge is 0.370 e. The summed E-state index contributed by atoms with van der Waals surface area (Å²) in [4.78, 5) is 27.3. The minimum atomic E-state index is -0.826. The molecule has 1 saturated carbocycles. The fourth-order valence-electron chi connectivity index (χ4n) is 5.73. The van der Waals surface area contributed by atoms with E-state index in [4.69, 9.17) is 10.8 Å². The molecule has 0 spiro atoms. The minimum absolute atomic E-state index is 0.00944. The summed E-state index contributed by atoms with van der Waals surface area (Å²) in [6.45, 7) is 5.21. The van der Waals surface area contributed by atoms with Gasteiger partial charge < -0.3 is 26.4 Å². The number of nitrogens with zero attached hydrogens (tertiary/aromatic N) is 3. The van der Waals surface area contributed by atoms with Gasteiger partial charge in [0.1, 0.15) is 6.23 Å². The Kier molecular flexibility index (Phi) is 7.17. The number of nitrogens with one attached hydrogen (secondary N) is 2. The maximum atomic E-state index is 13.6. The monoisotopic (exact) mass is 504 g/mol. The van der Waals surface area contributed by atoms with Gasteiger partial charge in [-0.3, -0.25) is 14.3 Å². The number of carbonyl (C=O) groups excluding carboxylic acids is 2. The van der Waals surface area contributed by atoms with Gasteiger partial charge in [-0.15, -0.1) is 0 Å². The van der Waals surface area contributed by atoms with Crippen LogP contribution in [-0.2, 0) is 4.79 Å². The predicted molar refractivity (Wildman–Crippen MR) is 143 cm³/mol. The SMILES string of the molecule is CC1=CC(C)=C(CNC(=O)c2cc(C3=CCN(C(=O)CN)CC3)cc3c2cnn3C2CCCC2)C(O)N1. The van der Waals surface area contributed by atoms with E-state index in [0.717, 1.165) is 51.7 Å². The third-order valence-corrected chi connectivity index (χ3v) is 7.81. The summed E-state index contributed by atoms with van der Waals surface area (Å²) in [5.74, 6) is -0.257. The van der Waals surface area contributed by atoms with Crippen molar-refractivity contribution in [3.8, 4) is 0 Å². The maximum Gasteiger partial charge on any atom is 0.252 e. The van der Waals surface area contributed by atoms with Crippen molar-refractivity contribution in [2.24, 2.45) is 5.73 Å². The second kappa shape index (κ2) is 10.5. The van der Waals surface area contributed by atoms with Crippen molar-refractivity contribution in [1.82, 2.24) is 25.3 Å². The van der Waals surface area contributed by atoms with Gasteiger partial charge in [0.15, 0.2) is 0 Å². The molecular weight excluding hydrogens is 468 g/mol. The number of nitrogens with two attached hydrogens (primary N) is 1. The fraction of sp³-hybridized carbons (Fsp3) is 0.464. The molecule has 0 saturated heterocycles. The van der Waals surface area contributed by atoms with E-state index in [1.807, 2.05) is 26.0 Å². The predicted octanol–water partition coefficient (Wildman–Crippen LogP) is 2.60. The van der Waals surface area contributed by atoms with Crippen LogP contribution in [0, 0.1) is 0 Å². The van der Waals surface area contributed by atoms with Crippen LogP contribution < -0.4 is 16.4 Å². The molecule has 3 aliphatic rings. The van der Waals surface area contributed by atoms with Crippen LogP contribution in [0.1, 0.15) is 67.9 Å². The zero-order valence-electron chi connectivity index (χ0n) is 21.6. The molecule has 1 atom stereocenters. The van der Waals surface area contributed by atoms with Crippen molar-refractivity contribution in [3.05, 3.63) is 58.5 Å². The number of amides is 2. The summed E-state index contributed by atoms with van der Waals surface area (Å²) >= 11 is 0. The molecule has 0 bridgehead atoms. The Hall–Kier alpha value is -3.43. The highest BCUT2D eigenvalue weighted by Crippen LogP contribution is 2.35. The highest BCUT2D eigenvalue weighted by Gasteiger charge is 2.25. The lowest BCUT2D eigenvalue weighted by molar-refractivity contribution is -0.129. The molecule has 2 aromatic rings. The summed E-state index contributed by atoms with van der Waals surface area (Å²) in [5.41, 5.74) is 11.7. The number of dihydropyridines is 1. The highest BCUT2D eigenvalue weighted by atomic mass is 16.3. The van der Waals surface area contributed by atoms with Crippen molar-refractivity contribution < 1.29 is 14.7 Å². The standard InChI is InChI=1S/C28H36N6O3/c1-17-11-18(2)32-28(37)23(17)15-30-27(36)22-12-20(19-7-9-33(10-8-19)26(35)14-29)13-25-24(22)16-31-34(25)21-5-3-4-6-21/h7,11-13,16,21,28,32,37H,3-6,8-10,14-15,29H2,1-2H3,(H,30,36). The van der Waals surface area contributed by atoms with Gasteiger partial charge in [-0.05, 0) is 68.0 Å². The smallest absolute Gasteiger partial charge is 0.252 e. The number of aliphatic hydroxyl groups is 1. The van der Waals surface area contributed by atoms with Gasteiger partial charge in [0.05, 0.1) is 29.9 Å². The molecule has 1 aromatic carbocycles. The molecule has 1 aromatic heterocycles. The lowest BCUT2D eigenvalue weighted by atomic mass is 9.95. The molecule has 3 heterocycles. The maximum absolute atomic E-state index is 13.6. The number of hydrogen-bond acceptors (Lipinski definition) is 6. The number of benzene rings is 1. The van der Waals surface area contributed by atoms with Gasteiger partial charge in [-0.25, -0.2) is 0 Å². The Morgan fingerprint density at radius 3 is 2.70 bits per heavy atom. The lowest BCUT2D eigenvalue weighted by Crippen LogP contribution is -2.38. The number of fused-ring (bicyclic) bond motifs is 1. The number of hydrogen-bond donors (Lipinski definition) is 4. The average Bonchev–Trinajstić information content (AvgIpc) is 3.57. The van der Waals surface area contributed by atoms with Gasteiger partial charge in [-0.2, -0.15) is 5.10 Å². The van der Waals surface area contributed by atoms with E-state index in [2.05, 4.69) is 27.5 Å². The molecule has 0 radical (unpaired) electrons. The van der Waals surface area contributed by atoms with Gasteiger partial charge in [0.2, 0.25) is 5.91 Å². The van der Waals surface area contributed by atoms with E-state index >= 15 is 0 Å². The Labute approximate surface area is 217 Å². The van der Waals surface area contributed by atoms with Crippen molar-refractivity contribution in [2.75, 3.05) is 26.2 Å². The Morgan fingerprint density at radius 2 is 2.03 bits per heavy atom. The molecule has 2 aliphatic heterocycles. The zero-order chi connectivity index (χ0) is 26.1. The first-order valence-electron chi connectivity index (χ1n) is 13.1. The average molecular weight is 505 g/mol. The lowest BCUT2D eigenvalue weighted by Gasteiger charge is -2.26. The van der Waals surface area contributed by atoms with Crippen molar-refractivity contribution in [2.45, 2.75) is 58.2 Å². The summed E-state index contributed by atoms with van der Waals surface area (Å²) in [7, 11) is 0. The van der Waals surface area contributed by atoms with Gasteiger partial charge >= 0.3 is 0 Å². The van der Waals surface area contributed by atoms with E-state index in [9.17, 15) is 14.7 Å². The van der Waals surface area contributed by atoms with Crippen LogP contribution in [-0.4, -0.2) is 64.0 Å².